The van der Waals surface area contributed by atoms with Crippen LogP contribution in [0, 0.1) is 6.92 Å². The lowest BCUT2D eigenvalue weighted by Gasteiger charge is -2.39. The number of urea groups is 1. The number of aromatic amines is 1. The van der Waals surface area contributed by atoms with Crippen LogP contribution in [0.2, 0.25) is 0 Å². The lowest BCUT2D eigenvalue weighted by Crippen LogP contribution is -2.47. The van der Waals surface area contributed by atoms with Crippen molar-refractivity contribution >= 4 is 22.8 Å². The van der Waals surface area contributed by atoms with Crippen molar-refractivity contribution in [3.63, 3.8) is 0 Å². The Bertz CT molecular complexity index is 1010. The molecule has 3 aromatic rings. The summed E-state index contributed by atoms with van der Waals surface area (Å²) in [6.07, 6.45) is 0.802. The maximum Gasteiger partial charge on any atom is 0.323 e. The minimum atomic E-state index is -1.05. The highest BCUT2D eigenvalue weighted by molar-refractivity contribution is 5.98. The molecule has 0 bridgehead atoms. The summed E-state index contributed by atoms with van der Waals surface area (Å²) >= 11 is 0. The van der Waals surface area contributed by atoms with Gasteiger partial charge in [0.05, 0.1) is 11.1 Å². The van der Waals surface area contributed by atoms with Crippen LogP contribution in [0.3, 0.4) is 0 Å². The van der Waals surface area contributed by atoms with Crippen molar-refractivity contribution in [1.82, 2.24) is 15.1 Å². The zero-order chi connectivity index (χ0) is 19.7. The fourth-order valence-corrected chi connectivity index (χ4v) is 3.84. The number of piperidine rings is 1. The van der Waals surface area contributed by atoms with E-state index in [1.165, 1.54) is 0 Å². The van der Waals surface area contributed by atoms with Gasteiger partial charge in [0.1, 0.15) is 6.67 Å². The summed E-state index contributed by atoms with van der Waals surface area (Å²) < 4.78 is 13.0. The minimum Gasteiger partial charge on any atom is -0.385 e. The third-order valence-electron chi connectivity index (χ3n) is 5.53. The van der Waals surface area contributed by atoms with E-state index in [1.807, 2.05) is 37.3 Å². The number of nitrogens with zero attached hydrogens (tertiary/aromatic N) is 2. The standard InChI is InChI=1S/C21H23FN4O2/c1-14-6-7-15(13-22)12-17(14)21(28)8-10-26(11-9-21)20(27)23-19-16-4-2-3-5-18(16)24-25-19/h2-7,12,28H,8-11,13H2,1H3,(H2,23,24,25,27). The minimum absolute atomic E-state index is 0.242. The molecule has 1 aliphatic rings. The molecule has 146 valence electrons. The summed E-state index contributed by atoms with van der Waals surface area (Å²) in [6, 6.07) is 12.6. The van der Waals surface area contributed by atoms with Crippen molar-refractivity contribution in [1.29, 1.82) is 0 Å². The summed E-state index contributed by atoms with van der Waals surface area (Å²) in [4.78, 5) is 14.3. The first-order chi connectivity index (χ1) is 13.5. The van der Waals surface area contributed by atoms with Crippen LogP contribution >= 0.6 is 0 Å². The molecular formula is C21H23FN4O2. The molecule has 0 spiro atoms. The van der Waals surface area contributed by atoms with E-state index in [4.69, 9.17) is 0 Å². The number of hydrogen-bond acceptors (Lipinski definition) is 3. The van der Waals surface area contributed by atoms with Crippen molar-refractivity contribution in [2.24, 2.45) is 0 Å². The van der Waals surface area contributed by atoms with Crippen LogP contribution in [0.5, 0.6) is 0 Å². The van der Waals surface area contributed by atoms with Gasteiger partial charge in [0.2, 0.25) is 0 Å². The highest BCUT2D eigenvalue weighted by Crippen LogP contribution is 2.35. The van der Waals surface area contributed by atoms with Gasteiger partial charge in [-0.05, 0) is 48.6 Å². The van der Waals surface area contributed by atoms with Crippen molar-refractivity contribution in [2.75, 3.05) is 18.4 Å². The SMILES string of the molecule is Cc1ccc(CF)cc1C1(O)CCN(C(=O)Nc2n[nH]c3ccccc23)CC1. The summed E-state index contributed by atoms with van der Waals surface area (Å²) in [6.45, 7) is 2.17. The molecule has 0 atom stereocenters. The largest absolute Gasteiger partial charge is 0.385 e. The Morgan fingerprint density at radius 3 is 2.79 bits per heavy atom. The number of benzene rings is 2. The molecule has 2 aromatic carbocycles. The van der Waals surface area contributed by atoms with Crippen LogP contribution < -0.4 is 5.32 Å². The predicted octanol–water partition coefficient (Wildman–Crippen LogP) is 3.86. The van der Waals surface area contributed by atoms with Crippen molar-refractivity contribution in [2.45, 2.75) is 32.0 Å². The average molecular weight is 382 g/mol. The molecule has 7 heteroatoms. The van der Waals surface area contributed by atoms with Crippen molar-refractivity contribution in [3.8, 4) is 0 Å². The average Bonchev–Trinajstić information content (AvgIpc) is 3.12. The van der Waals surface area contributed by atoms with Gasteiger partial charge in [-0.2, -0.15) is 5.10 Å². The summed E-state index contributed by atoms with van der Waals surface area (Å²) in [7, 11) is 0. The molecule has 28 heavy (non-hydrogen) atoms. The monoisotopic (exact) mass is 382 g/mol. The molecule has 0 aliphatic carbocycles. The molecule has 2 amide bonds. The molecule has 3 N–H and O–H groups in total. The number of aromatic nitrogens is 2. The molecular weight excluding hydrogens is 359 g/mol. The first-order valence-electron chi connectivity index (χ1n) is 9.37. The Kier molecular flexibility index (Phi) is 4.77. The molecule has 2 heterocycles. The van der Waals surface area contributed by atoms with E-state index in [1.54, 1.807) is 17.0 Å². The zero-order valence-corrected chi connectivity index (χ0v) is 15.7. The molecule has 0 saturated carbocycles. The maximum absolute atomic E-state index is 13.0. The molecule has 1 aromatic heterocycles. The highest BCUT2D eigenvalue weighted by Gasteiger charge is 2.36. The zero-order valence-electron chi connectivity index (χ0n) is 15.7. The number of alkyl halides is 1. The molecule has 1 fully saturated rings. The van der Waals surface area contributed by atoms with Gasteiger partial charge in [0.25, 0.3) is 0 Å². The number of likely N-dealkylation sites (tertiary alicyclic amines) is 1. The Labute approximate surface area is 162 Å². The van der Waals surface area contributed by atoms with Gasteiger partial charge in [0.15, 0.2) is 5.82 Å². The molecule has 4 rings (SSSR count). The second-order valence-electron chi connectivity index (χ2n) is 7.35. The van der Waals surface area contributed by atoms with Crippen LogP contribution in [-0.4, -0.2) is 39.3 Å². The van der Waals surface area contributed by atoms with E-state index in [0.717, 1.165) is 22.0 Å². The van der Waals surface area contributed by atoms with Gasteiger partial charge in [-0.25, -0.2) is 9.18 Å². The molecule has 6 nitrogen and oxygen atoms in total. The molecule has 1 saturated heterocycles. The van der Waals surface area contributed by atoms with Crippen molar-refractivity contribution in [3.05, 3.63) is 59.2 Å². The normalized spacial score (nSPS) is 16.3. The predicted molar refractivity (Wildman–Crippen MR) is 106 cm³/mol. The van der Waals surface area contributed by atoms with Gasteiger partial charge < -0.3 is 10.0 Å². The fraction of sp³-hybridized carbons (Fsp3) is 0.333. The van der Waals surface area contributed by atoms with Crippen LogP contribution in [-0.2, 0) is 12.3 Å². The Balaban J connectivity index is 1.45. The number of aliphatic hydroxyl groups is 1. The van der Waals surface area contributed by atoms with E-state index < -0.39 is 12.3 Å². The second-order valence-corrected chi connectivity index (χ2v) is 7.35. The Morgan fingerprint density at radius 1 is 1.29 bits per heavy atom. The van der Waals surface area contributed by atoms with E-state index in [0.29, 0.717) is 37.3 Å². The Morgan fingerprint density at radius 2 is 2.04 bits per heavy atom. The van der Waals surface area contributed by atoms with Crippen LogP contribution in [0.4, 0.5) is 15.0 Å². The number of para-hydroxylation sites is 1. The van der Waals surface area contributed by atoms with E-state index in [9.17, 15) is 14.3 Å². The summed E-state index contributed by atoms with van der Waals surface area (Å²) in [5.41, 5.74) is 2.04. The number of H-pyrrole nitrogens is 1. The van der Waals surface area contributed by atoms with Crippen LogP contribution in [0.25, 0.3) is 10.9 Å². The lowest BCUT2D eigenvalue weighted by molar-refractivity contribution is -0.0162. The molecule has 0 unspecified atom stereocenters. The lowest BCUT2D eigenvalue weighted by atomic mass is 9.81. The topological polar surface area (TPSA) is 81.2 Å². The second kappa shape index (κ2) is 7.24. The fourth-order valence-electron chi connectivity index (χ4n) is 3.84. The summed E-state index contributed by atoms with van der Waals surface area (Å²) in [5, 5.41) is 21.9. The number of aryl methyl sites for hydroxylation is 1. The third kappa shape index (κ3) is 3.33. The van der Waals surface area contributed by atoms with E-state index in [2.05, 4.69) is 15.5 Å². The quantitative estimate of drug-likeness (QED) is 0.643. The van der Waals surface area contributed by atoms with E-state index >= 15 is 0 Å². The molecule has 0 radical (unpaired) electrons. The number of amides is 2. The van der Waals surface area contributed by atoms with Gasteiger partial charge in [0, 0.05) is 18.5 Å². The Hall–Kier alpha value is -2.93. The van der Waals surface area contributed by atoms with Gasteiger partial charge in [-0.3, -0.25) is 10.4 Å². The van der Waals surface area contributed by atoms with Crippen LogP contribution in [0.1, 0.15) is 29.5 Å². The van der Waals surface area contributed by atoms with E-state index in [-0.39, 0.29) is 6.03 Å². The smallest absolute Gasteiger partial charge is 0.323 e. The number of halogens is 1. The third-order valence-corrected chi connectivity index (χ3v) is 5.53. The van der Waals surface area contributed by atoms with Gasteiger partial charge in [-0.1, -0.05) is 30.3 Å². The van der Waals surface area contributed by atoms with Gasteiger partial charge >= 0.3 is 6.03 Å². The summed E-state index contributed by atoms with van der Waals surface area (Å²) in [5.74, 6) is 0.493. The highest BCUT2D eigenvalue weighted by atomic mass is 19.1. The number of anilines is 1. The number of fused-ring (bicyclic) bond motifs is 1. The number of carbonyl (C=O) groups excluding carboxylic acids is 1. The number of rotatable bonds is 3. The van der Waals surface area contributed by atoms with Crippen molar-refractivity contribution < 1.29 is 14.3 Å². The first kappa shape index (κ1) is 18.4. The van der Waals surface area contributed by atoms with Gasteiger partial charge in [-0.15, -0.1) is 0 Å². The van der Waals surface area contributed by atoms with Crippen LogP contribution in [0.15, 0.2) is 42.5 Å². The number of hydrogen-bond donors (Lipinski definition) is 3. The first-order valence-corrected chi connectivity index (χ1v) is 9.37. The number of carbonyl (C=O) groups is 1. The maximum atomic E-state index is 13.0. The number of nitrogens with one attached hydrogen (secondary N) is 2. The molecule has 1 aliphatic heterocycles.